The number of nitrogens with one attached hydrogen (secondary N) is 1. The van der Waals surface area contributed by atoms with Gasteiger partial charge >= 0.3 is 5.97 Å². The molecule has 2 rings (SSSR count). The number of para-hydroxylation sites is 1. The molecule has 7 heteroatoms. The Hall–Kier alpha value is -2.80. The molecule has 0 spiro atoms. The summed E-state index contributed by atoms with van der Waals surface area (Å²) in [5.41, 5.74) is 6.56. The van der Waals surface area contributed by atoms with Crippen LogP contribution < -0.4 is 11.1 Å². The summed E-state index contributed by atoms with van der Waals surface area (Å²) in [6.07, 6.45) is 0.580. The van der Waals surface area contributed by atoms with Gasteiger partial charge in [-0.3, -0.25) is 14.4 Å². The van der Waals surface area contributed by atoms with Gasteiger partial charge in [0.1, 0.15) is 0 Å². The Morgan fingerprint density at radius 3 is 2.41 bits per heavy atom. The summed E-state index contributed by atoms with van der Waals surface area (Å²) in [6.45, 7) is 1.52. The maximum absolute atomic E-state index is 12.3. The lowest BCUT2D eigenvalue weighted by Crippen LogP contribution is -2.24. The molecule has 2 aromatic carbocycles. The van der Waals surface area contributed by atoms with Crippen molar-refractivity contribution in [2.24, 2.45) is 5.73 Å². The summed E-state index contributed by atoms with van der Waals surface area (Å²) in [5, 5.41) is 2.70. The van der Waals surface area contributed by atoms with Gasteiger partial charge in [0.2, 0.25) is 5.91 Å². The second-order valence-corrected chi connectivity index (χ2v) is 6.80. The molecular weight excluding hydrogens is 364 g/mol. The summed E-state index contributed by atoms with van der Waals surface area (Å²) in [7, 11) is 0. The van der Waals surface area contributed by atoms with Crippen molar-refractivity contribution in [3.63, 3.8) is 0 Å². The number of rotatable bonds is 9. The van der Waals surface area contributed by atoms with Crippen molar-refractivity contribution in [3.8, 4) is 0 Å². The van der Waals surface area contributed by atoms with Gasteiger partial charge in [-0.15, -0.1) is 11.8 Å². The van der Waals surface area contributed by atoms with Gasteiger partial charge in [-0.1, -0.05) is 49.4 Å². The third kappa shape index (κ3) is 6.45. The van der Waals surface area contributed by atoms with Gasteiger partial charge in [-0.25, -0.2) is 0 Å². The summed E-state index contributed by atoms with van der Waals surface area (Å²) in [6, 6.07) is 16.4. The maximum atomic E-state index is 12.3. The minimum atomic E-state index is -0.446. The first kappa shape index (κ1) is 20.5. The van der Waals surface area contributed by atoms with E-state index in [1.807, 2.05) is 37.3 Å². The molecule has 2 amide bonds. The van der Waals surface area contributed by atoms with Crippen molar-refractivity contribution in [2.45, 2.75) is 24.2 Å². The highest BCUT2D eigenvalue weighted by atomic mass is 32.2. The van der Waals surface area contributed by atoms with Crippen molar-refractivity contribution in [3.05, 3.63) is 60.2 Å². The van der Waals surface area contributed by atoms with E-state index in [-0.39, 0.29) is 12.4 Å². The molecule has 2 aromatic rings. The molecule has 0 aromatic heterocycles. The van der Waals surface area contributed by atoms with E-state index >= 15 is 0 Å². The molecule has 0 aliphatic rings. The van der Waals surface area contributed by atoms with Crippen LogP contribution in [0.25, 0.3) is 0 Å². The number of nitrogens with two attached hydrogens (primary N) is 1. The van der Waals surface area contributed by atoms with E-state index < -0.39 is 23.7 Å². The Bertz CT molecular complexity index is 796. The van der Waals surface area contributed by atoms with Crippen LogP contribution in [0.5, 0.6) is 0 Å². The van der Waals surface area contributed by atoms with E-state index in [1.54, 1.807) is 24.3 Å². The number of hydrogen-bond acceptors (Lipinski definition) is 5. The fourth-order valence-corrected chi connectivity index (χ4v) is 3.24. The number of thioether (sulfide) groups is 1. The highest BCUT2D eigenvalue weighted by molar-refractivity contribution is 8.00. The number of ether oxygens (including phenoxy) is 1. The van der Waals surface area contributed by atoms with Crippen LogP contribution in [-0.2, 0) is 19.1 Å². The van der Waals surface area contributed by atoms with Crippen LogP contribution in [0.2, 0.25) is 0 Å². The average molecular weight is 386 g/mol. The van der Waals surface area contributed by atoms with Gasteiger partial charge in [0.05, 0.1) is 17.4 Å². The Morgan fingerprint density at radius 1 is 1.07 bits per heavy atom. The monoisotopic (exact) mass is 386 g/mol. The van der Waals surface area contributed by atoms with Crippen LogP contribution in [0.1, 0.15) is 24.8 Å². The Labute approximate surface area is 162 Å². The molecule has 6 nitrogen and oxygen atoms in total. The van der Waals surface area contributed by atoms with E-state index in [0.29, 0.717) is 17.0 Å². The minimum Gasteiger partial charge on any atom is -0.455 e. The number of benzene rings is 2. The van der Waals surface area contributed by atoms with Crippen LogP contribution in [0, 0.1) is 0 Å². The topological polar surface area (TPSA) is 98.5 Å². The van der Waals surface area contributed by atoms with Crippen molar-refractivity contribution in [2.75, 3.05) is 17.7 Å². The molecular formula is C20H22N2O4S. The molecule has 0 fully saturated rings. The van der Waals surface area contributed by atoms with Crippen molar-refractivity contribution >= 4 is 35.2 Å². The van der Waals surface area contributed by atoms with Crippen LogP contribution >= 0.6 is 11.8 Å². The smallest absolute Gasteiger partial charge is 0.313 e. The number of carbonyl (C=O) groups is 3. The third-order valence-corrected chi connectivity index (χ3v) is 4.87. The molecule has 0 aliphatic carbocycles. The number of esters is 1. The molecule has 0 bridgehead atoms. The number of primary amides is 1. The molecule has 1 atom stereocenters. The van der Waals surface area contributed by atoms with E-state index in [0.717, 1.165) is 5.56 Å². The molecule has 0 heterocycles. The lowest BCUT2D eigenvalue weighted by Gasteiger charge is -2.15. The normalized spacial score (nSPS) is 11.4. The highest BCUT2D eigenvalue weighted by Crippen LogP contribution is 2.26. The van der Waals surface area contributed by atoms with E-state index in [9.17, 15) is 14.4 Å². The van der Waals surface area contributed by atoms with Crippen LogP contribution in [0.3, 0.4) is 0 Å². The Balaban J connectivity index is 1.92. The summed E-state index contributed by atoms with van der Waals surface area (Å²) >= 11 is 1.23. The molecule has 27 heavy (non-hydrogen) atoms. The largest absolute Gasteiger partial charge is 0.455 e. The maximum Gasteiger partial charge on any atom is 0.313 e. The zero-order valence-corrected chi connectivity index (χ0v) is 15.8. The van der Waals surface area contributed by atoms with Crippen LogP contribution in [-0.4, -0.2) is 30.1 Å². The Morgan fingerprint density at radius 2 is 1.74 bits per heavy atom. The molecule has 0 saturated heterocycles. The van der Waals surface area contributed by atoms with Gasteiger partial charge in [0.25, 0.3) is 5.91 Å². The number of carbonyl (C=O) groups excluding carboxylic acids is 3. The molecule has 0 saturated carbocycles. The number of hydrogen-bond donors (Lipinski definition) is 2. The fourth-order valence-electron chi connectivity index (χ4n) is 2.49. The second-order valence-electron chi connectivity index (χ2n) is 5.78. The quantitative estimate of drug-likeness (QED) is 0.510. The van der Waals surface area contributed by atoms with Gasteiger partial charge < -0.3 is 15.8 Å². The van der Waals surface area contributed by atoms with E-state index in [2.05, 4.69) is 5.32 Å². The first-order valence-corrected chi connectivity index (χ1v) is 9.51. The Kier molecular flexibility index (Phi) is 7.88. The average Bonchev–Trinajstić information content (AvgIpc) is 2.67. The summed E-state index contributed by atoms with van der Waals surface area (Å²) in [4.78, 5) is 36.1. The first-order valence-electron chi connectivity index (χ1n) is 8.52. The number of amides is 2. The fraction of sp³-hybridized carbons (Fsp3) is 0.250. The van der Waals surface area contributed by atoms with Gasteiger partial charge in [-0.05, 0) is 24.1 Å². The first-order chi connectivity index (χ1) is 13.0. The van der Waals surface area contributed by atoms with Crippen LogP contribution in [0.4, 0.5) is 5.69 Å². The van der Waals surface area contributed by atoms with Crippen LogP contribution in [0.15, 0.2) is 59.5 Å². The molecule has 0 unspecified atom stereocenters. The number of anilines is 1. The van der Waals surface area contributed by atoms with Crippen molar-refractivity contribution in [1.82, 2.24) is 0 Å². The minimum absolute atomic E-state index is 0.108. The lowest BCUT2D eigenvalue weighted by molar-refractivity contribution is -0.149. The van der Waals surface area contributed by atoms with Gasteiger partial charge in [0.15, 0.2) is 6.61 Å². The summed E-state index contributed by atoms with van der Waals surface area (Å²) < 4.78 is 5.19. The van der Waals surface area contributed by atoms with E-state index in [4.69, 9.17) is 10.5 Å². The SMILES string of the molecule is CC[C@@H](C(=O)OCC(=O)Nc1ccccc1SCC(N)=O)c1ccccc1. The van der Waals surface area contributed by atoms with Gasteiger partial charge in [0, 0.05) is 4.90 Å². The second kappa shape index (κ2) is 10.4. The molecule has 0 aliphatic heterocycles. The molecule has 3 N–H and O–H groups in total. The van der Waals surface area contributed by atoms with Gasteiger partial charge in [-0.2, -0.15) is 0 Å². The standard InChI is InChI=1S/C20H22N2O4S/c1-2-15(14-8-4-3-5-9-14)20(25)26-12-19(24)22-16-10-6-7-11-17(16)27-13-18(21)23/h3-11,15H,2,12-13H2,1H3,(H2,21,23)(H,22,24)/t15-/m1/s1. The highest BCUT2D eigenvalue weighted by Gasteiger charge is 2.21. The summed E-state index contributed by atoms with van der Waals surface area (Å²) in [5.74, 6) is -1.62. The predicted molar refractivity (Wildman–Crippen MR) is 105 cm³/mol. The predicted octanol–water partition coefficient (Wildman–Crippen LogP) is 2.94. The lowest BCUT2D eigenvalue weighted by atomic mass is 9.97. The van der Waals surface area contributed by atoms with Crippen molar-refractivity contribution in [1.29, 1.82) is 0 Å². The van der Waals surface area contributed by atoms with E-state index in [1.165, 1.54) is 11.8 Å². The van der Waals surface area contributed by atoms with Crippen molar-refractivity contribution < 1.29 is 19.1 Å². The zero-order chi connectivity index (χ0) is 19.6. The third-order valence-electron chi connectivity index (χ3n) is 3.77. The molecule has 142 valence electrons. The molecule has 0 radical (unpaired) electrons. The zero-order valence-electron chi connectivity index (χ0n) is 15.0.